The molecule has 2 aliphatic rings. The molecule has 0 spiro atoms. The number of nitrogens with two attached hydrogens (primary N) is 1. The van der Waals surface area contributed by atoms with Crippen LogP contribution in [0.4, 0.5) is 0 Å². The van der Waals surface area contributed by atoms with Gasteiger partial charge in [0.15, 0.2) is 5.96 Å². The number of morpholine rings is 1. The molecule has 122 valence electrons. The van der Waals surface area contributed by atoms with Crippen LogP contribution in [0.15, 0.2) is 4.99 Å². The fourth-order valence-electron chi connectivity index (χ4n) is 3.03. The van der Waals surface area contributed by atoms with E-state index in [1.54, 1.807) is 0 Å². The largest absolute Gasteiger partial charge is 0.379 e. The maximum atomic E-state index is 6.01. The van der Waals surface area contributed by atoms with Gasteiger partial charge in [-0.05, 0) is 31.1 Å². The quantitative estimate of drug-likeness (QED) is 0.551. The van der Waals surface area contributed by atoms with Crippen molar-refractivity contribution in [2.24, 2.45) is 22.6 Å². The summed E-state index contributed by atoms with van der Waals surface area (Å²) in [4.78, 5) is 7.09. The van der Waals surface area contributed by atoms with Crippen LogP contribution in [0.2, 0.25) is 0 Å². The first-order chi connectivity index (χ1) is 10.1. The molecule has 2 rings (SSSR count). The third-order valence-corrected chi connectivity index (χ3v) is 4.57. The van der Waals surface area contributed by atoms with Crippen LogP contribution in [0.25, 0.3) is 0 Å². The monoisotopic (exact) mass is 296 g/mol. The van der Waals surface area contributed by atoms with Gasteiger partial charge in [-0.15, -0.1) is 0 Å². The number of hydrogen-bond donors (Lipinski definition) is 2. The Morgan fingerprint density at radius 3 is 2.62 bits per heavy atom. The van der Waals surface area contributed by atoms with Gasteiger partial charge in [-0.25, -0.2) is 0 Å². The van der Waals surface area contributed by atoms with E-state index in [4.69, 9.17) is 10.5 Å². The van der Waals surface area contributed by atoms with Crippen molar-refractivity contribution in [2.75, 3.05) is 39.4 Å². The Morgan fingerprint density at radius 1 is 1.33 bits per heavy atom. The van der Waals surface area contributed by atoms with Crippen molar-refractivity contribution in [3.63, 3.8) is 0 Å². The molecule has 5 nitrogen and oxygen atoms in total. The van der Waals surface area contributed by atoms with E-state index in [2.05, 4.69) is 29.1 Å². The molecule has 0 aromatic rings. The number of rotatable bonds is 7. The number of nitrogens with zero attached hydrogens (tertiary/aromatic N) is 2. The molecule has 21 heavy (non-hydrogen) atoms. The number of ether oxygens (including phenoxy) is 1. The summed E-state index contributed by atoms with van der Waals surface area (Å²) in [6.45, 7) is 10.0. The molecule has 1 saturated heterocycles. The van der Waals surface area contributed by atoms with Gasteiger partial charge in [-0.2, -0.15) is 0 Å². The second-order valence-corrected chi connectivity index (χ2v) is 6.84. The highest BCUT2D eigenvalue weighted by molar-refractivity contribution is 5.77. The standard InChI is InChI=1S/C16H32N4O/c1-13(2)10-15(20-6-8-21-9-7-20)12-19-16(17)18-11-14-4-3-5-14/h13-15H,3-12H2,1-2H3,(H3,17,18,19). The molecule has 1 unspecified atom stereocenters. The van der Waals surface area contributed by atoms with Crippen LogP contribution in [0.1, 0.15) is 39.5 Å². The zero-order chi connectivity index (χ0) is 15.1. The number of aliphatic imine (C=N–C) groups is 1. The molecule has 0 radical (unpaired) electrons. The summed E-state index contributed by atoms with van der Waals surface area (Å²) in [5, 5.41) is 3.28. The lowest BCUT2D eigenvalue weighted by atomic mass is 9.85. The predicted molar refractivity (Wildman–Crippen MR) is 87.5 cm³/mol. The van der Waals surface area contributed by atoms with Crippen molar-refractivity contribution in [3.8, 4) is 0 Å². The lowest BCUT2D eigenvalue weighted by Crippen LogP contribution is -2.46. The number of guanidine groups is 1. The molecular formula is C16H32N4O. The normalized spacial score (nSPS) is 23.1. The average molecular weight is 296 g/mol. The summed E-state index contributed by atoms with van der Waals surface area (Å²) in [6.07, 6.45) is 5.21. The van der Waals surface area contributed by atoms with E-state index in [9.17, 15) is 0 Å². The molecule has 0 bridgehead atoms. The fourth-order valence-corrected chi connectivity index (χ4v) is 3.03. The van der Waals surface area contributed by atoms with E-state index in [1.807, 2.05) is 0 Å². The zero-order valence-electron chi connectivity index (χ0n) is 13.7. The fraction of sp³-hybridized carbons (Fsp3) is 0.938. The molecule has 5 heteroatoms. The van der Waals surface area contributed by atoms with Crippen LogP contribution in [0.3, 0.4) is 0 Å². The minimum Gasteiger partial charge on any atom is -0.379 e. The van der Waals surface area contributed by atoms with Gasteiger partial charge in [0.25, 0.3) is 0 Å². The van der Waals surface area contributed by atoms with Crippen LogP contribution in [0, 0.1) is 11.8 Å². The van der Waals surface area contributed by atoms with E-state index < -0.39 is 0 Å². The topological polar surface area (TPSA) is 62.9 Å². The second kappa shape index (κ2) is 8.59. The Morgan fingerprint density at radius 2 is 2.05 bits per heavy atom. The Bertz CT molecular complexity index is 322. The minimum absolute atomic E-state index is 0.484. The molecule has 1 aliphatic carbocycles. The van der Waals surface area contributed by atoms with E-state index in [0.29, 0.717) is 17.9 Å². The van der Waals surface area contributed by atoms with Crippen molar-refractivity contribution in [2.45, 2.75) is 45.6 Å². The van der Waals surface area contributed by atoms with Crippen molar-refractivity contribution >= 4 is 5.96 Å². The molecular weight excluding hydrogens is 264 g/mol. The highest BCUT2D eigenvalue weighted by Crippen LogP contribution is 2.25. The lowest BCUT2D eigenvalue weighted by Gasteiger charge is -2.34. The van der Waals surface area contributed by atoms with Gasteiger partial charge in [0.05, 0.1) is 19.8 Å². The number of hydrogen-bond acceptors (Lipinski definition) is 3. The third kappa shape index (κ3) is 5.83. The van der Waals surface area contributed by atoms with E-state index in [0.717, 1.165) is 45.3 Å². The van der Waals surface area contributed by atoms with Crippen LogP contribution in [-0.2, 0) is 4.74 Å². The molecule has 1 heterocycles. The summed E-state index contributed by atoms with van der Waals surface area (Å²) >= 11 is 0. The van der Waals surface area contributed by atoms with Gasteiger partial charge < -0.3 is 15.8 Å². The van der Waals surface area contributed by atoms with Gasteiger partial charge in [-0.1, -0.05) is 20.3 Å². The molecule has 1 atom stereocenters. The highest BCUT2D eigenvalue weighted by atomic mass is 16.5. The first kappa shape index (κ1) is 16.6. The third-order valence-electron chi connectivity index (χ3n) is 4.57. The zero-order valence-corrected chi connectivity index (χ0v) is 13.7. The Balaban J connectivity index is 1.78. The molecule has 0 aromatic carbocycles. The predicted octanol–water partition coefficient (Wildman–Crippen LogP) is 1.44. The van der Waals surface area contributed by atoms with Crippen LogP contribution >= 0.6 is 0 Å². The van der Waals surface area contributed by atoms with Crippen molar-refractivity contribution in [1.82, 2.24) is 10.2 Å². The molecule has 0 aromatic heterocycles. The minimum atomic E-state index is 0.484. The molecule has 0 amide bonds. The molecule has 3 N–H and O–H groups in total. The van der Waals surface area contributed by atoms with Crippen LogP contribution in [-0.4, -0.2) is 56.3 Å². The van der Waals surface area contributed by atoms with E-state index >= 15 is 0 Å². The van der Waals surface area contributed by atoms with Crippen molar-refractivity contribution in [3.05, 3.63) is 0 Å². The van der Waals surface area contributed by atoms with Crippen molar-refractivity contribution < 1.29 is 4.74 Å². The SMILES string of the molecule is CC(C)CC(CN=C(N)NCC1CCC1)N1CCOCC1. The first-order valence-electron chi connectivity index (χ1n) is 8.50. The summed E-state index contributed by atoms with van der Waals surface area (Å²) in [5.41, 5.74) is 6.01. The maximum absolute atomic E-state index is 6.01. The Labute approximate surface area is 129 Å². The molecule has 1 saturated carbocycles. The van der Waals surface area contributed by atoms with Gasteiger partial charge in [-0.3, -0.25) is 9.89 Å². The molecule has 2 fully saturated rings. The molecule has 1 aliphatic heterocycles. The lowest BCUT2D eigenvalue weighted by molar-refractivity contribution is 0.0143. The average Bonchev–Trinajstić information content (AvgIpc) is 2.42. The summed E-state index contributed by atoms with van der Waals surface area (Å²) in [6, 6.07) is 0.484. The second-order valence-electron chi connectivity index (χ2n) is 6.84. The van der Waals surface area contributed by atoms with Gasteiger partial charge in [0.2, 0.25) is 0 Å². The summed E-state index contributed by atoms with van der Waals surface area (Å²) in [5.74, 6) is 2.10. The summed E-state index contributed by atoms with van der Waals surface area (Å²) < 4.78 is 5.45. The highest BCUT2D eigenvalue weighted by Gasteiger charge is 2.22. The van der Waals surface area contributed by atoms with Crippen molar-refractivity contribution in [1.29, 1.82) is 0 Å². The van der Waals surface area contributed by atoms with Crippen LogP contribution in [0.5, 0.6) is 0 Å². The maximum Gasteiger partial charge on any atom is 0.188 e. The summed E-state index contributed by atoms with van der Waals surface area (Å²) in [7, 11) is 0. The van der Waals surface area contributed by atoms with Gasteiger partial charge in [0, 0.05) is 25.7 Å². The Hall–Kier alpha value is -0.810. The Kier molecular flexibility index (Phi) is 6.77. The first-order valence-corrected chi connectivity index (χ1v) is 8.50. The van der Waals surface area contributed by atoms with Gasteiger partial charge in [0.1, 0.15) is 0 Å². The van der Waals surface area contributed by atoms with E-state index in [1.165, 1.54) is 25.7 Å². The van der Waals surface area contributed by atoms with Gasteiger partial charge >= 0.3 is 0 Å². The van der Waals surface area contributed by atoms with Crippen LogP contribution < -0.4 is 11.1 Å². The smallest absolute Gasteiger partial charge is 0.188 e. The van der Waals surface area contributed by atoms with E-state index in [-0.39, 0.29) is 0 Å². The number of nitrogens with one attached hydrogen (secondary N) is 1.